The summed E-state index contributed by atoms with van der Waals surface area (Å²) in [5.74, 6) is -0.0691. The molecule has 3 aliphatic rings. The molecule has 0 radical (unpaired) electrons. The number of aryl methyl sites for hydroxylation is 1. The van der Waals surface area contributed by atoms with Gasteiger partial charge in [-0.05, 0) is 43.4 Å². The van der Waals surface area contributed by atoms with Crippen LogP contribution in [0, 0.1) is 12.8 Å². The van der Waals surface area contributed by atoms with Crippen molar-refractivity contribution in [3.8, 4) is 0 Å². The minimum atomic E-state index is -0.351. The zero-order chi connectivity index (χ0) is 22.9. The summed E-state index contributed by atoms with van der Waals surface area (Å²) in [6, 6.07) is 16.6. The predicted octanol–water partition coefficient (Wildman–Crippen LogP) is 4.44. The number of benzene rings is 2. The first-order valence-electron chi connectivity index (χ1n) is 11.7. The molecule has 7 heteroatoms. The third kappa shape index (κ3) is 4.38. The van der Waals surface area contributed by atoms with Crippen molar-refractivity contribution in [2.75, 3.05) is 11.9 Å². The summed E-state index contributed by atoms with van der Waals surface area (Å²) in [4.78, 5) is 43.1. The highest BCUT2D eigenvalue weighted by molar-refractivity contribution is 8.01. The Bertz CT molecular complexity index is 1040. The standard InChI is InChI=1S/C26H29N3O3S/c1-17-11-13-19(14-12-17)27-22(30)16-28-23-20-9-5-6-10-21(20)33-24(23)25(31)29(26(28)32)15-18-7-3-2-4-8-18/h2-4,7-8,11-14,20-21,23-24H,5-6,9-10,15-16H2,1H3,(H,27,30). The molecule has 2 heterocycles. The monoisotopic (exact) mass is 463 g/mol. The Morgan fingerprint density at radius 1 is 1.03 bits per heavy atom. The quantitative estimate of drug-likeness (QED) is 0.712. The van der Waals surface area contributed by atoms with Crippen molar-refractivity contribution in [2.45, 2.75) is 55.7 Å². The van der Waals surface area contributed by atoms with Crippen LogP contribution in [0.5, 0.6) is 0 Å². The number of hydrogen-bond acceptors (Lipinski definition) is 4. The highest BCUT2D eigenvalue weighted by atomic mass is 32.2. The molecule has 4 atom stereocenters. The van der Waals surface area contributed by atoms with Gasteiger partial charge in [0.15, 0.2) is 0 Å². The van der Waals surface area contributed by atoms with Gasteiger partial charge in [-0.1, -0.05) is 60.9 Å². The second kappa shape index (κ2) is 9.21. The van der Waals surface area contributed by atoms with E-state index in [1.54, 1.807) is 16.7 Å². The first-order chi connectivity index (χ1) is 16.0. The van der Waals surface area contributed by atoms with Crippen LogP contribution in [-0.4, -0.2) is 50.7 Å². The van der Waals surface area contributed by atoms with Gasteiger partial charge in [-0.3, -0.25) is 14.5 Å². The second-order valence-corrected chi connectivity index (χ2v) is 10.7. The Kier molecular flexibility index (Phi) is 6.15. The van der Waals surface area contributed by atoms with Crippen molar-refractivity contribution in [3.63, 3.8) is 0 Å². The van der Waals surface area contributed by atoms with E-state index in [1.807, 2.05) is 61.5 Å². The lowest BCUT2D eigenvalue weighted by molar-refractivity contribution is -0.134. The van der Waals surface area contributed by atoms with E-state index in [4.69, 9.17) is 0 Å². The maximum absolute atomic E-state index is 13.6. The molecule has 2 aromatic carbocycles. The van der Waals surface area contributed by atoms with Crippen molar-refractivity contribution in [2.24, 2.45) is 5.92 Å². The summed E-state index contributed by atoms with van der Waals surface area (Å²) >= 11 is 1.72. The van der Waals surface area contributed by atoms with Gasteiger partial charge in [0.05, 0.1) is 12.6 Å². The lowest BCUT2D eigenvalue weighted by Gasteiger charge is -2.43. The van der Waals surface area contributed by atoms with Crippen molar-refractivity contribution in [3.05, 3.63) is 65.7 Å². The van der Waals surface area contributed by atoms with Crippen LogP contribution in [0.15, 0.2) is 54.6 Å². The first kappa shape index (κ1) is 22.0. The molecule has 2 saturated heterocycles. The number of carbonyl (C=O) groups excluding carboxylic acids is 3. The molecule has 0 bridgehead atoms. The maximum Gasteiger partial charge on any atom is 0.327 e. The fourth-order valence-electron chi connectivity index (χ4n) is 5.38. The Hall–Kier alpha value is -2.80. The largest absolute Gasteiger partial charge is 0.327 e. The Balaban J connectivity index is 1.40. The van der Waals surface area contributed by atoms with Gasteiger partial charge in [0.1, 0.15) is 11.8 Å². The zero-order valence-electron chi connectivity index (χ0n) is 18.8. The average molecular weight is 464 g/mol. The molecule has 172 valence electrons. The fourth-order valence-corrected chi connectivity index (χ4v) is 7.32. The van der Waals surface area contributed by atoms with E-state index in [1.165, 1.54) is 4.90 Å². The minimum Gasteiger partial charge on any atom is -0.325 e. The van der Waals surface area contributed by atoms with Gasteiger partial charge in [0, 0.05) is 10.9 Å². The molecule has 1 N–H and O–H groups in total. The van der Waals surface area contributed by atoms with Crippen LogP contribution in [0.3, 0.4) is 0 Å². The van der Waals surface area contributed by atoms with Crippen LogP contribution in [0.1, 0.15) is 36.8 Å². The van der Waals surface area contributed by atoms with Crippen LogP contribution in [0.4, 0.5) is 10.5 Å². The number of urea groups is 1. The Morgan fingerprint density at radius 3 is 2.52 bits per heavy atom. The number of imide groups is 1. The number of anilines is 1. The van der Waals surface area contributed by atoms with E-state index < -0.39 is 0 Å². The highest BCUT2D eigenvalue weighted by Crippen LogP contribution is 2.50. The fraction of sp³-hybridized carbons (Fsp3) is 0.423. The van der Waals surface area contributed by atoms with E-state index in [9.17, 15) is 14.4 Å². The molecule has 1 aliphatic carbocycles. The van der Waals surface area contributed by atoms with E-state index in [-0.39, 0.29) is 48.1 Å². The molecule has 2 aromatic rings. The smallest absolute Gasteiger partial charge is 0.325 e. The molecular weight excluding hydrogens is 434 g/mol. The minimum absolute atomic E-state index is 0.0454. The van der Waals surface area contributed by atoms with Crippen LogP contribution in [0.25, 0.3) is 0 Å². The molecule has 5 rings (SSSR count). The SMILES string of the molecule is Cc1ccc(NC(=O)CN2C(=O)N(Cc3ccccc3)C(=O)C3SC4CCCCC4C32)cc1. The molecular formula is C26H29N3O3S. The van der Waals surface area contributed by atoms with E-state index in [2.05, 4.69) is 5.32 Å². The number of rotatable bonds is 5. The molecule has 4 amide bonds. The summed E-state index contributed by atoms with van der Waals surface area (Å²) in [5.41, 5.74) is 2.73. The van der Waals surface area contributed by atoms with E-state index in [0.29, 0.717) is 10.9 Å². The lowest BCUT2D eigenvalue weighted by atomic mass is 9.81. The highest BCUT2D eigenvalue weighted by Gasteiger charge is 2.57. The van der Waals surface area contributed by atoms with Gasteiger partial charge in [-0.2, -0.15) is 0 Å². The summed E-state index contributed by atoms with van der Waals surface area (Å²) < 4.78 is 0. The van der Waals surface area contributed by atoms with E-state index in [0.717, 1.165) is 36.8 Å². The van der Waals surface area contributed by atoms with Crippen molar-refractivity contribution in [1.82, 2.24) is 9.80 Å². The Morgan fingerprint density at radius 2 is 1.76 bits per heavy atom. The molecule has 0 aromatic heterocycles. The molecule has 0 spiro atoms. The predicted molar refractivity (Wildman–Crippen MR) is 130 cm³/mol. The number of fused-ring (bicyclic) bond motifs is 3. The van der Waals surface area contributed by atoms with Crippen LogP contribution >= 0.6 is 11.8 Å². The number of amides is 4. The van der Waals surface area contributed by atoms with Gasteiger partial charge in [-0.15, -0.1) is 11.8 Å². The van der Waals surface area contributed by atoms with Gasteiger partial charge >= 0.3 is 6.03 Å². The van der Waals surface area contributed by atoms with Crippen molar-refractivity contribution >= 4 is 35.3 Å². The van der Waals surface area contributed by atoms with Gasteiger partial charge in [0.2, 0.25) is 11.8 Å². The molecule has 3 fully saturated rings. The molecule has 33 heavy (non-hydrogen) atoms. The van der Waals surface area contributed by atoms with Crippen LogP contribution < -0.4 is 5.32 Å². The number of nitrogens with zero attached hydrogens (tertiary/aromatic N) is 2. The third-order valence-corrected chi connectivity index (χ3v) is 8.71. The Labute approximate surface area is 198 Å². The van der Waals surface area contributed by atoms with Crippen LogP contribution in [-0.2, 0) is 16.1 Å². The molecule has 6 nitrogen and oxygen atoms in total. The summed E-state index contributed by atoms with van der Waals surface area (Å²) in [5, 5.41) is 3.00. The van der Waals surface area contributed by atoms with Crippen LogP contribution in [0.2, 0.25) is 0 Å². The molecule has 2 aliphatic heterocycles. The molecule has 4 unspecified atom stereocenters. The maximum atomic E-state index is 13.6. The zero-order valence-corrected chi connectivity index (χ0v) is 19.6. The summed E-state index contributed by atoms with van der Waals surface area (Å²) in [6.45, 7) is 2.18. The summed E-state index contributed by atoms with van der Waals surface area (Å²) in [7, 11) is 0. The summed E-state index contributed by atoms with van der Waals surface area (Å²) in [6.07, 6.45) is 4.36. The van der Waals surface area contributed by atoms with Crippen molar-refractivity contribution < 1.29 is 14.4 Å². The molecule has 1 saturated carbocycles. The van der Waals surface area contributed by atoms with Gasteiger partial charge in [0.25, 0.3) is 0 Å². The topological polar surface area (TPSA) is 69.7 Å². The number of thioether (sulfide) groups is 1. The number of nitrogens with one attached hydrogen (secondary N) is 1. The van der Waals surface area contributed by atoms with Crippen molar-refractivity contribution in [1.29, 1.82) is 0 Å². The second-order valence-electron chi connectivity index (χ2n) is 9.27. The first-order valence-corrected chi connectivity index (χ1v) is 12.6. The van der Waals surface area contributed by atoms with Gasteiger partial charge in [-0.25, -0.2) is 4.79 Å². The average Bonchev–Trinajstić information content (AvgIpc) is 3.21. The number of hydrogen-bond donors (Lipinski definition) is 1. The van der Waals surface area contributed by atoms with Gasteiger partial charge < -0.3 is 10.2 Å². The third-order valence-electron chi connectivity index (χ3n) is 7.00. The normalized spacial score (nSPS) is 26.7. The van der Waals surface area contributed by atoms with E-state index >= 15 is 0 Å². The number of carbonyl (C=O) groups is 3. The lowest BCUT2D eigenvalue weighted by Crippen LogP contribution is -2.64.